The Bertz CT molecular complexity index is 760. The first-order valence-corrected chi connectivity index (χ1v) is 10.5. The SMILES string of the molecule is C[C@@H]1C[C@H](N(C)CCCc2cn(CCc3ccc(Cl)c(Cl)c3)nn2)C[C@H](O)O1. The molecule has 0 spiro atoms. The van der Waals surface area contributed by atoms with Crippen molar-refractivity contribution in [2.45, 2.75) is 64.0 Å². The molecule has 1 aromatic carbocycles. The predicted octanol–water partition coefficient (Wildman–Crippen LogP) is 3.58. The highest BCUT2D eigenvalue weighted by Gasteiger charge is 2.28. The van der Waals surface area contributed by atoms with Gasteiger partial charge in [-0.05, 0) is 63.9 Å². The van der Waals surface area contributed by atoms with Crippen LogP contribution in [0.3, 0.4) is 0 Å². The van der Waals surface area contributed by atoms with Crippen LogP contribution in [0.1, 0.15) is 37.4 Å². The van der Waals surface area contributed by atoms with E-state index in [4.69, 9.17) is 27.9 Å². The summed E-state index contributed by atoms with van der Waals surface area (Å²) < 4.78 is 7.28. The standard InChI is InChI=1S/C20H28Cl2N4O2/c1-14-10-17(12-20(27)28-14)25(2)8-3-4-16-13-26(24-23-16)9-7-15-5-6-18(21)19(22)11-15/h5-6,11,13-14,17,20,27H,3-4,7-10,12H2,1-2H3/t14-,17+,20-/m1/s1. The molecular weight excluding hydrogens is 399 g/mol. The second-order valence-electron chi connectivity index (χ2n) is 7.58. The van der Waals surface area contributed by atoms with Gasteiger partial charge < -0.3 is 14.7 Å². The lowest BCUT2D eigenvalue weighted by Crippen LogP contribution is -2.43. The fraction of sp³-hybridized carbons (Fsp3) is 0.600. The van der Waals surface area contributed by atoms with Crippen molar-refractivity contribution in [2.24, 2.45) is 0 Å². The Morgan fingerprint density at radius 2 is 2.07 bits per heavy atom. The van der Waals surface area contributed by atoms with Crippen LogP contribution in [0.2, 0.25) is 10.0 Å². The van der Waals surface area contributed by atoms with Gasteiger partial charge in [0.05, 0.1) is 21.8 Å². The summed E-state index contributed by atoms with van der Waals surface area (Å²) in [5, 5.41) is 19.4. The number of aliphatic hydroxyl groups excluding tert-OH is 1. The van der Waals surface area contributed by atoms with E-state index in [1.165, 1.54) is 0 Å². The minimum Gasteiger partial charge on any atom is -0.368 e. The first-order chi connectivity index (χ1) is 13.4. The van der Waals surface area contributed by atoms with E-state index in [1.807, 2.05) is 36.0 Å². The average molecular weight is 427 g/mol. The van der Waals surface area contributed by atoms with Crippen LogP contribution in [0.5, 0.6) is 0 Å². The summed E-state index contributed by atoms with van der Waals surface area (Å²) in [5.74, 6) is 0. The maximum absolute atomic E-state index is 9.78. The summed E-state index contributed by atoms with van der Waals surface area (Å²) in [6.45, 7) is 3.72. The first-order valence-electron chi connectivity index (χ1n) is 9.77. The van der Waals surface area contributed by atoms with Crippen LogP contribution in [0.25, 0.3) is 0 Å². The molecule has 8 heteroatoms. The highest BCUT2D eigenvalue weighted by molar-refractivity contribution is 6.42. The van der Waals surface area contributed by atoms with Gasteiger partial charge in [-0.25, -0.2) is 0 Å². The molecule has 6 nitrogen and oxygen atoms in total. The summed E-state index contributed by atoms with van der Waals surface area (Å²) in [5.41, 5.74) is 2.13. The fourth-order valence-electron chi connectivity index (χ4n) is 3.64. The Hall–Kier alpha value is -1.18. The van der Waals surface area contributed by atoms with Gasteiger partial charge in [-0.1, -0.05) is 34.5 Å². The van der Waals surface area contributed by atoms with Crippen molar-refractivity contribution < 1.29 is 9.84 Å². The van der Waals surface area contributed by atoms with Gasteiger partial charge in [-0.2, -0.15) is 0 Å². The smallest absolute Gasteiger partial charge is 0.156 e. The van der Waals surface area contributed by atoms with E-state index >= 15 is 0 Å². The maximum Gasteiger partial charge on any atom is 0.156 e. The van der Waals surface area contributed by atoms with E-state index < -0.39 is 6.29 Å². The van der Waals surface area contributed by atoms with Gasteiger partial charge in [-0.3, -0.25) is 4.68 Å². The van der Waals surface area contributed by atoms with Gasteiger partial charge >= 0.3 is 0 Å². The molecule has 1 saturated heterocycles. The van der Waals surface area contributed by atoms with Gasteiger partial charge in [-0.15, -0.1) is 5.10 Å². The number of benzene rings is 1. The van der Waals surface area contributed by atoms with Crippen molar-refractivity contribution in [3.63, 3.8) is 0 Å². The van der Waals surface area contributed by atoms with E-state index in [9.17, 15) is 5.11 Å². The average Bonchev–Trinajstić information content (AvgIpc) is 3.09. The highest BCUT2D eigenvalue weighted by Crippen LogP contribution is 2.23. The number of aliphatic hydroxyl groups is 1. The number of aryl methyl sites for hydroxylation is 3. The molecule has 0 amide bonds. The van der Waals surface area contributed by atoms with Crippen molar-refractivity contribution in [1.29, 1.82) is 0 Å². The molecule has 1 fully saturated rings. The first kappa shape index (κ1) is 21.5. The molecule has 28 heavy (non-hydrogen) atoms. The Morgan fingerprint density at radius 3 is 2.82 bits per heavy atom. The quantitative estimate of drug-likeness (QED) is 0.698. The summed E-state index contributed by atoms with van der Waals surface area (Å²) in [6.07, 6.45) is 5.81. The number of hydrogen-bond acceptors (Lipinski definition) is 5. The number of aromatic nitrogens is 3. The molecule has 0 bridgehead atoms. The van der Waals surface area contributed by atoms with E-state index in [2.05, 4.69) is 22.3 Å². The molecule has 2 heterocycles. The van der Waals surface area contributed by atoms with Gasteiger partial charge in [0.25, 0.3) is 0 Å². The number of rotatable bonds is 8. The molecule has 1 aliphatic rings. The minimum absolute atomic E-state index is 0.103. The summed E-state index contributed by atoms with van der Waals surface area (Å²) >= 11 is 12.0. The van der Waals surface area contributed by atoms with E-state index in [0.29, 0.717) is 22.5 Å². The third kappa shape index (κ3) is 6.16. The Kier molecular flexibility index (Phi) is 7.71. The van der Waals surface area contributed by atoms with E-state index in [0.717, 1.165) is 50.0 Å². The van der Waals surface area contributed by atoms with Crippen LogP contribution in [0.15, 0.2) is 24.4 Å². The zero-order chi connectivity index (χ0) is 20.1. The summed E-state index contributed by atoms with van der Waals surface area (Å²) in [6, 6.07) is 6.06. The van der Waals surface area contributed by atoms with Crippen LogP contribution in [0.4, 0.5) is 0 Å². The molecule has 0 radical (unpaired) electrons. The van der Waals surface area contributed by atoms with Gasteiger partial charge in [0.2, 0.25) is 0 Å². The maximum atomic E-state index is 9.78. The molecule has 2 aromatic rings. The van der Waals surface area contributed by atoms with Crippen LogP contribution in [-0.2, 0) is 24.1 Å². The fourth-order valence-corrected chi connectivity index (χ4v) is 3.97. The monoisotopic (exact) mass is 426 g/mol. The normalized spacial score (nSPS) is 22.7. The summed E-state index contributed by atoms with van der Waals surface area (Å²) in [7, 11) is 2.11. The highest BCUT2D eigenvalue weighted by atomic mass is 35.5. The predicted molar refractivity (Wildman–Crippen MR) is 111 cm³/mol. The molecule has 1 aliphatic heterocycles. The molecule has 154 valence electrons. The Morgan fingerprint density at radius 1 is 1.25 bits per heavy atom. The van der Waals surface area contributed by atoms with Crippen molar-refractivity contribution in [1.82, 2.24) is 19.9 Å². The lowest BCUT2D eigenvalue weighted by atomic mass is 10.0. The molecule has 3 atom stereocenters. The molecule has 0 aliphatic carbocycles. The minimum atomic E-state index is -0.647. The molecular formula is C20H28Cl2N4O2. The zero-order valence-corrected chi connectivity index (χ0v) is 17.9. The Balaban J connectivity index is 1.41. The third-order valence-electron chi connectivity index (χ3n) is 5.23. The number of ether oxygens (including phenoxy) is 1. The van der Waals surface area contributed by atoms with Crippen molar-refractivity contribution in [2.75, 3.05) is 13.6 Å². The number of hydrogen-bond donors (Lipinski definition) is 1. The second-order valence-corrected chi connectivity index (χ2v) is 8.40. The zero-order valence-electron chi connectivity index (χ0n) is 16.4. The van der Waals surface area contributed by atoms with Crippen LogP contribution < -0.4 is 0 Å². The van der Waals surface area contributed by atoms with Gasteiger partial charge in [0.1, 0.15) is 0 Å². The second kappa shape index (κ2) is 10.0. The molecule has 0 unspecified atom stereocenters. The number of nitrogens with zero attached hydrogens (tertiary/aromatic N) is 4. The third-order valence-corrected chi connectivity index (χ3v) is 5.97. The molecule has 3 rings (SSSR count). The lowest BCUT2D eigenvalue weighted by Gasteiger charge is -2.36. The van der Waals surface area contributed by atoms with Crippen LogP contribution in [0, 0.1) is 0 Å². The van der Waals surface area contributed by atoms with Crippen molar-refractivity contribution >= 4 is 23.2 Å². The van der Waals surface area contributed by atoms with E-state index in [-0.39, 0.29) is 6.10 Å². The lowest BCUT2D eigenvalue weighted by molar-refractivity contribution is -0.173. The summed E-state index contributed by atoms with van der Waals surface area (Å²) in [4.78, 5) is 2.32. The van der Waals surface area contributed by atoms with Gasteiger partial charge in [0.15, 0.2) is 6.29 Å². The largest absolute Gasteiger partial charge is 0.368 e. The van der Waals surface area contributed by atoms with Crippen molar-refractivity contribution in [3.05, 3.63) is 45.7 Å². The molecule has 1 N–H and O–H groups in total. The molecule has 1 aromatic heterocycles. The van der Waals surface area contributed by atoms with Gasteiger partial charge in [0, 0.05) is 25.2 Å². The topological polar surface area (TPSA) is 63.4 Å². The van der Waals surface area contributed by atoms with E-state index in [1.54, 1.807) is 0 Å². The van der Waals surface area contributed by atoms with Crippen LogP contribution in [-0.4, -0.2) is 57.0 Å². The number of halogens is 2. The molecule has 0 saturated carbocycles. The van der Waals surface area contributed by atoms with Crippen LogP contribution >= 0.6 is 23.2 Å². The Labute approximate surface area is 176 Å². The van der Waals surface area contributed by atoms with Crippen molar-refractivity contribution in [3.8, 4) is 0 Å².